The third-order valence-electron chi connectivity index (χ3n) is 5.87. The Hall–Kier alpha value is -1.89. The molecule has 0 aliphatic carbocycles. The molecule has 1 aromatic carbocycles. The van der Waals surface area contributed by atoms with Crippen LogP contribution in [-0.4, -0.2) is 53.9 Å². The number of aryl methyl sites for hydroxylation is 1. The van der Waals surface area contributed by atoms with Crippen molar-refractivity contribution in [2.75, 3.05) is 25.6 Å². The fourth-order valence-electron chi connectivity index (χ4n) is 4.07. The van der Waals surface area contributed by atoms with Gasteiger partial charge in [-0.15, -0.1) is 0 Å². The number of nitrogen functional groups attached to an aromatic ring is 1. The molecule has 176 valence electrons. The standard InChI is InChI=1S/C19H22BrN6O5PS/c20-12-7-13-14(31-10-30-13)8-15(12)33-19-24-16-17(21)22-9-23-18(16)26(19)6-3-11-1-4-25(5-2-11)32(27,28)29/h7-9,11H,1-6,10H2,(H2,21,22,23)(H2,27,28,29). The summed E-state index contributed by atoms with van der Waals surface area (Å²) >= 11 is 5.07. The van der Waals surface area contributed by atoms with Gasteiger partial charge >= 0.3 is 7.75 Å². The molecule has 0 atom stereocenters. The van der Waals surface area contributed by atoms with E-state index in [-0.39, 0.29) is 6.79 Å². The molecule has 0 spiro atoms. The van der Waals surface area contributed by atoms with Crippen LogP contribution in [0.3, 0.4) is 0 Å². The number of halogens is 1. The fraction of sp³-hybridized carbons (Fsp3) is 0.421. The van der Waals surface area contributed by atoms with E-state index in [4.69, 9.17) is 20.2 Å². The molecule has 11 nitrogen and oxygen atoms in total. The summed E-state index contributed by atoms with van der Waals surface area (Å²) in [5.74, 6) is 2.04. The first kappa shape index (κ1) is 22.9. The van der Waals surface area contributed by atoms with Gasteiger partial charge in [-0.3, -0.25) is 0 Å². The zero-order valence-electron chi connectivity index (χ0n) is 17.4. The van der Waals surface area contributed by atoms with Crippen LogP contribution in [0.2, 0.25) is 0 Å². The Morgan fingerprint density at radius 1 is 1.21 bits per heavy atom. The summed E-state index contributed by atoms with van der Waals surface area (Å²) in [6, 6.07) is 3.79. The van der Waals surface area contributed by atoms with Crippen molar-refractivity contribution in [3.05, 3.63) is 22.9 Å². The molecular formula is C19H22BrN6O5PS. The van der Waals surface area contributed by atoms with Gasteiger partial charge in [-0.05, 0) is 53.2 Å². The van der Waals surface area contributed by atoms with Crippen LogP contribution in [0.15, 0.2) is 33.0 Å². The molecule has 2 aliphatic rings. The summed E-state index contributed by atoms with van der Waals surface area (Å²) in [6.07, 6.45) is 3.72. The molecule has 33 heavy (non-hydrogen) atoms. The summed E-state index contributed by atoms with van der Waals surface area (Å²) < 4.78 is 26.6. The minimum absolute atomic E-state index is 0.196. The summed E-state index contributed by atoms with van der Waals surface area (Å²) in [6.45, 7) is 1.63. The topological polar surface area (TPSA) is 149 Å². The highest BCUT2D eigenvalue weighted by atomic mass is 79.9. The molecule has 14 heteroatoms. The molecule has 0 radical (unpaired) electrons. The first-order valence-corrected chi connectivity index (χ1v) is 13.5. The number of benzene rings is 1. The molecule has 2 aromatic heterocycles. The zero-order chi connectivity index (χ0) is 23.2. The van der Waals surface area contributed by atoms with E-state index in [1.165, 1.54) is 22.8 Å². The maximum absolute atomic E-state index is 11.5. The smallest absolute Gasteiger partial charge is 0.402 e. The van der Waals surface area contributed by atoms with Crippen molar-refractivity contribution in [3.63, 3.8) is 0 Å². The number of rotatable bonds is 6. The highest BCUT2D eigenvalue weighted by Crippen LogP contribution is 2.44. The van der Waals surface area contributed by atoms with Gasteiger partial charge in [0, 0.05) is 29.0 Å². The van der Waals surface area contributed by atoms with E-state index < -0.39 is 7.75 Å². The molecule has 2 aliphatic heterocycles. The highest BCUT2D eigenvalue weighted by Gasteiger charge is 2.30. The monoisotopic (exact) mass is 556 g/mol. The van der Waals surface area contributed by atoms with Crippen LogP contribution < -0.4 is 15.2 Å². The minimum Gasteiger partial charge on any atom is -0.454 e. The SMILES string of the molecule is Nc1ncnc2c1nc(Sc1cc3c(cc1Br)OCO3)n2CCC1CCN(P(=O)(O)O)CC1. The Bertz CT molecular complexity index is 1250. The van der Waals surface area contributed by atoms with E-state index in [2.05, 4.69) is 25.9 Å². The van der Waals surface area contributed by atoms with Crippen LogP contribution in [0.4, 0.5) is 5.82 Å². The van der Waals surface area contributed by atoms with Gasteiger partial charge in [0.15, 0.2) is 33.6 Å². The number of hydrogen-bond acceptors (Lipinski definition) is 8. The van der Waals surface area contributed by atoms with Gasteiger partial charge < -0.3 is 29.6 Å². The number of nitrogens with two attached hydrogens (primary N) is 1. The summed E-state index contributed by atoms with van der Waals surface area (Å²) in [4.78, 5) is 32.9. The molecule has 5 rings (SSSR count). The van der Waals surface area contributed by atoms with Crippen molar-refractivity contribution in [2.24, 2.45) is 5.92 Å². The molecule has 0 amide bonds. The number of hydrogen-bond donors (Lipinski definition) is 3. The van der Waals surface area contributed by atoms with Crippen LogP contribution in [0.5, 0.6) is 11.5 Å². The molecule has 0 unspecified atom stereocenters. The molecule has 0 saturated carbocycles. The number of piperidine rings is 1. The number of fused-ring (bicyclic) bond motifs is 2. The number of aromatic nitrogens is 4. The second-order valence-electron chi connectivity index (χ2n) is 7.91. The van der Waals surface area contributed by atoms with E-state index in [0.717, 1.165) is 33.8 Å². The molecule has 3 aromatic rings. The van der Waals surface area contributed by atoms with E-state index >= 15 is 0 Å². The first-order valence-electron chi connectivity index (χ1n) is 10.3. The fourth-order valence-corrected chi connectivity index (χ4v) is 6.33. The molecule has 4 N–H and O–H groups in total. The van der Waals surface area contributed by atoms with Crippen LogP contribution in [0.25, 0.3) is 11.2 Å². The van der Waals surface area contributed by atoms with Crippen molar-refractivity contribution < 1.29 is 23.8 Å². The van der Waals surface area contributed by atoms with E-state index in [1.807, 2.05) is 16.7 Å². The lowest BCUT2D eigenvalue weighted by Gasteiger charge is -2.31. The number of nitrogens with zero attached hydrogens (tertiary/aromatic N) is 5. The molecule has 0 bridgehead atoms. The molecule has 4 heterocycles. The van der Waals surface area contributed by atoms with Gasteiger partial charge in [0.1, 0.15) is 6.33 Å². The van der Waals surface area contributed by atoms with Crippen LogP contribution in [0, 0.1) is 5.92 Å². The van der Waals surface area contributed by atoms with Crippen molar-refractivity contribution in [1.82, 2.24) is 24.2 Å². The average Bonchev–Trinajstić information content (AvgIpc) is 3.37. The van der Waals surface area contributed by atoms with Gasteiger partial charge in [-0.25, -0.2) is 24.2 Å². The Kier molecular flexibility index (Phi) is 6.27. The van der Waals surface area contributed by atoms with Crippen LogP contribution >= 0.6 is 35.4 Å². The quantitative estimate of drug-likeness (QED) is 0.384. The van der Waals surface area contributed by atoms with Crippen molar-refractivity contribution in [3.8, 4) is 11.5 Å². The van der Waals surface area contributed by atoms with Crippen molar-refractivity contribution >= 4 is 52.4 Å². The second-order valence-corrected chi connectivity index (χ2v) is 11.4. The third kappa shape index (κ3) is 4.71. The Balaban J connectivity index is 1.39. The Labute approximate surface area is 202 Å². The number of ether oxygens (including phenoxy) is 2. The lowest BCUT2D eigenvalue weighted by atomic mass is 9.95. The lowest BCUT2D eigenvalue weighted by Crippen LogP contribution is -2.31. The normalized spacial score (nSPS) is 17.2. The van der Waals surface area contributed by atoms with Gasteiger partial charge in [0.05, 0.1) is 0 Å². The van der Waals surface area contributed by atoms with Gasteiger partial charge in [-0.2, -0.15) is 0 Å². The van der Waals surface area contributed by atoms with Crippen LogP contribution in [-0.2, 0) is 11.1 Å². The lowest BCUT2D eigenvalue weighted by molar-refractivity contribution is 0.174. The zero-order valence-corrected chi connectivity index (χ0v) is 20.7. The predicted octanol–water partition coefficient (Wildman–Crippen LogP) is 3.25. The molecular weight excluding hydrogens is 535 g/mol. The molecule has 1 fully saturated rings. The predicted molar refractivity (Wildman–Crippen MR) is 125 cm³/mol. The Morgan fingerprint density at radius 3 is 2.67 bits per heavy atom. The van der Waals surface area contributed by atoms with E-state index in [9.17, 15) is 14.4 Å². The molecule has 1 saturated heterocycles. The largest absolute Gasteiger partial charge is 0.454 e. The third-order valence-corrected chi connectivity index (χ3v) is 8.98. The summed E-state index contributed by atoms with van der Waals surface area (Å²) in [7, 11) is -4.17. The maximum Gasteiger partial charge on any atom is 0.402 e. The second kappa shape index (κ2) is 9.05. The van der Waals surface area contributed by atoms with Gasteiger partial charge in [0.2, 0.25) is 6.79 Å². The van der Waals surface area contributed by atoms with Gasteiger partial charge in [-0.1, -0.05) is 11.8 Å². The average molecular weight is 557 g/mol. The summed E-state index contributed by atoms with van der Waals surface area (Å²) in [5.41, 5.74) is 7.28. The van der Waals surface area contributed by atoms with E-state index in [1.54, 1.807) is 0 Å². The number of imidazole rings is 1. The minimum atomic E-state index is -4.17. The first-order chi connectivity index (χ1) is 15.8. The summed E-state index contributed by atoms with van der Waals surface area (Å²) in [5, 5.41) is 0.726. The Morgan fingerprint density at radius 2 is 1.94 bits per heavy atom. The van der Waals surface area contributed by atoms with Crippen molar-refractivity contribution in [1.29, 1.82) is 0 Å². The number of anilines is 1. The van der Waals surface area contributed by atoms with E-state index in [0.29, 0.717) is 54.0 Å². The van der Waals surface area contributed by atoms with Crippen molar-refractivity contribution in [2.45, 2.75) is 35.9 Å². The highest BCUT2D eigenvalue weighted by molar-refractivity contribution is 9.10. The van der Waals surface area contributed by atoms with Crippen LogP contribution in [0.1, 0.15) is 19.3 Å². The maximum atomic E-state index is 11.5. The van der Waals surface area contributed by atoms with Gasteiger partial charge in [0.25, 0.3) is 0 Å².